The standard InChI is InChI=1S/C17H26ClN5O2/c18-15-4-2-14(3-5-15)12-21-17(25)22-13-16(24)20-6-1-9-23-10-7-19-8-11-23/h2-5,19H,1,6-13H2,(H,20,24)(H2,21,22,25). The van der Waals surface area contributed by atoms with Gasteiger partial charge in [-0.25, -0.2) is 4.79 Å². The molecular formula is C17H26ClN5O2. The predicted octanol–water partition coefficient (Wildman–Crippen LogP) is 0.551. The van der Waals surface area contributed by atoms with E-state index >= 15 is 0 Å². The molecule has 0 aromatic heterocycles. The molecule has 3 amide bonds. The molecule has 8 heteroatoms. The van der Waals surface area contributed by atoms with Crippen LogP contribution < -0.4 is 21.3 Å². The second kappa shape index (κ2) is 10.9. The molecule has 0 unspecified atom stereocenters. The van der Waals surface area contributed by atoms with Gasteiger partial charge in [0.2, 0.25) is 5.91 Å². The Bertz CT molecular complexity index is 546. The molecule has 0 spiro atoms. The van der Waals surface area contributed by atoms with Crippen molar-refractivity contribution in [2.75, 3.05) is 45.8 Å². The Morgan fingerprint density at radius 1 is 1.08 bits per heavy atom. The van der Waals surface area contributed by atoms with E-state index in [9.17, 15) is 9.59 Å². The summed E-state index contributed by atoms with van der Waals surface area (Å²) in [4.78, 5) is 25.8. The molecule has 25 heavy (non-hydrogen) atoms. The number of nitrogens with zero attached hydrogens (tertiary/aromatic N) is 1. The van der Waals surface area contributed by atoms with E-state index in [4.69, 9.17) is 11.6 Å². The van der Waals surface area contributed by atoms with E-state index in [1.54, 1.807) is 12.1 Å². The largest absolute Gasteiger partial charge is 0.355 e. The number of urea groups is 1. The summed E-state index contributed by atoms with van der Waals surface area (Å²) in [6.07, 6.45) is 0.911. The fourth-order valence-electron chi connectivity index (χ4n) is 2.54. The fourth-order valence-corrected chi connectivity index (χ4v) is 2.66. The highest BCUT2D eigenvalue weighted by molar-refractivity contribution is 6.30. The minimum Gasteiger partial charge on any atom is -0.355 e. The van der Waals surface area contributed by atoms with Gasteiger partial charge >= 0.3 is 6.03 Å². The van der Waals surface area contributed by atoms with Crippen molar-refractivity contribution in [1.82, 2.24) is 26.2 Å². The topological polar surface area (TPSA) is 85.5 Å². The van der Waals surface area contributed by atoms with Crippen LogP contribution in [0, 0.1) is 0 Å². The van der Waals surface area contributed by atoms with Crippen molar-refractivity contribution in [1.29, 1.82) is 0 Å². The smallest absolute Gasteiger partial charge is 0.315 e. The lowest BCUT2D eigenvalue weighted by molar-refractivity contribution is -0.120. The third-order valence-electron chi connectivity index (χ3n) is 3.96. The first kappa shape index (κ1) is 19.5. The Hall–Kier alpha value is -1.83. The second-order valence-electron chi connectivity index (χ2n) is 5.96. The molecule has 1 fully saturated rings. The first-order chi connectivity index (χ1) is 12.1. The minimum atomic E-state index is -0.370. The zero-order valence-electron chi connectivity index (χ0n) is 14.3. The van der Waals surface area contributed by atoms with Crippen LogP contribution in [-0.4, -0.2) is 62.7 Å². The third-order valence-corrected chi connectivity index (χ3v) is 4.21. The lowest BCUT2D eigenvalue weighted by atomic mass is 10.2. The van der Waals surface area contributed by atoms with E-state index in [2.05, 4.69) is 26.2 Å². The normalized spacial score (nSPS) is 14.8. The number of nitrogens with one attached hydrogen (secondary N) is 4. The molecule has 0 saturated carbocycles. The van der Waals surface area contributed by atoms with Crippen LogP contribution in [0.1, 0.15) is 12.0 Å². The van der Waals surface area contributed by atoms with Crippen molar-refractivity contribution in [2.45, 2.75) is 13.0 Å². The fraction of sp³-hybridized carbons (Fsp3) is 0.529. The zero-order chi connectivity index (χ0) is 17.9. The van der Waals surface area contributed by atoms with Crippen molar-refractivity contribution in [3.63, 3.8) is 0 Å². The maximum absolute atomic E-state index is 11.7. The molecule has 1 aromatic rings. The van der Waals surface area contributed by atoms with Gasteiger partial charge < -0.3 is 26.2 Å². The van der Waals surface area contributed by atoms with Gasteiger partial charge in [-0.2, -0.15) is 0 Å². The van der Waals surface area contributed by atoms with Gasteiger partial charge in [0.25, 0.3) is 0 Å². The molecular weight excluding hydrogens is 342 g/mol. The highest BCUT2D eigenvalue weighted by Gasteiger charge is 2.09. The van der Waals surface area contributed by atoms with E-state index in [1.165, 1.54) is 0 Å². The summed E-state index contributed by atoms with van der Waals surface area (Å²) in [7, 11) is 0. The van der Waals surface area contributed by atoms with Gasteiger partial charge in [0, 0.05) is 44.3 Å². The van der Waals surface area contributed by atoms with Crippen LogP contribution in [0.3, 0.4) is 0 Å². The number of benzene rings is 1. The van der Waals surface area contributed by atoms with Crippen molar-refractivity contribution in [3.8, 4) is 0 Å². The summed E-state index contributed by atoms with van der Waals surface area (Å²) in [5.41, 5.74) is 0.942. The third kappa shape index (κ3) is 8.20. The van der Waals surface area contributed by atoms with Gasteiger partial charge in [-0.3, -0.25) is 4.79 Å². The van der Waals surface area contributed by atoms with Crippen LogP contribution in [0.15, 0.2) is 24.3 Å². The molecule has 1 saturated heterocycles. The van der Waals surface area contributed by atoms with E-state index in [0.717, 1.165) is 44.7 Å². The molecule has 1 aliphatic heterocycles. The quantitative estimate of drug-likeness (QED) is 0.505. The van der Waals surface area contributed by atoms with E-state index in [0.29, 0.717) is 18.1 Å². The second-order valence-corrected chi connectivity index (χ2v) is 6.39. The predicted molar refractivity (Wildman–Crippen MR) is 98.6 cm³/mol. The molecule has 138 valence electrons. The van der Waals surface area contributed by atoms with Crippen molar-refractivity contribution < 1.29 is 9.59 Å². The van der Waals surface area contributed by atoms with Gasteiger partial charge in [0.15, 0.2) is 0 Å². The van der Waals surface area contributed by atoms with Crippen molar-refractivity contribution in [3.05, 3.63) is 34.9 Å². The summed E-state index contributed by atoms with van der Waals surface area (Å²) >= 11 is 5.81. The number of carbonyl (C=O) groups excluding carboxylic acids is 2. The van der Waals surface area contributed by atoms with Crippen molar-refractivity contribution >= 4 is 23.5 Å². The van der Waals surface area contributed by atoms with E-state index < -0.39 is 0 Å². The summed E-state index contributed by atoms with van der Waals surface area (Å²) in [5, 5.41) is 12.0. The highest BCUT2D eigenvalue weighted by Crippen LogP contribution is 2.08. The van der Waals surface area contributed by atoms with Crippen molar-refractivity contribution in [2.24, 2.45) is 0 Å². The van der Waals surface area contributed by atoms with Crippen LogP contribution in [-0.2, 0) is 11.3 Å². The van der Waals surface area contributed by atoms with Crippen LogP contribution in [0.25, 0.3) is 0 Å². The van der Waals surface area contributed by atoms with E-state index in [1.807, 2.05) is 12.1 Å². The number of rotatable bonds is 8. The Morgan fingerprint density at radius 3 is 2.52 bits per heavy atom. The number of piperazine rings is 1. The average Bonchev–Trinajstić information content (AvgIpc) is 2.64. The maximum Gasteiger partial charge on any atom is 0.315 e. The summed E-state index contributed by atoms with van der Waals surface area (Å²) < 4.78 is 0. The number of carbonyl (C=O) groups is 2. The Balaban J connectivity index is 1.50. The Labute approximate surface area is 153 Å². The molecule has 0 radical (unpaired) electrons. The van der Waals surface area contributed by atoms with Crippen LogP contribution in [0.4, 0.5) is 4.79 Å². The van der Waals surface area contributed by atoms with Crippen LogP contribution in [0.5, 0.6) is 0 Å². The van der Waals surface area contributed by atoms with Gasteiger partial charge in [-0.05, 0) is 30.7 Å². The van der Waals surface area contributed by atoms with Gasteiger partial charge in [-0.1, -0.05) is 23.7 Å². The van der Waals surface area contributed by atoms with Gasteiger partial charge in [0.05, 0.1) is 6.54 Å². The molecule has 1 aromatic carbocycles. The average molecular weight is 368 g/mol. The number of halogens is 1. The number of hydrogen-bond donors (Lipinski definition) is 4. The summed E-state index contributed by atoms with van der Waals surface area (Å²) in [6, 6.07) is 6.85. The SMILES string of the molecule is O=C(CNC(=O)NCc1ccc(Cl)cc1)NCCCN1CCNCC1. The van der Waals surface area contributed by atoms with Gasteiger partial charge in [-0.15, -0.1) is 0 Å². The molecule has 0 atom stereocenters. The van der Waals surface area contributed by atoms with Crippen LogP contribution in [0.2, 0.25) is 5.02 Å². The Kier molecular flexibility index (Phi) is 8.51. The molecule has 4 N–H and O–H groups in total. The van der Waals surface area contributed by atoms with Crippen LogP contribution >= 0.6 is 11.6 Å². The van der Waals surface area contributed by atoms with E-state index in [-0.39, 0.29) is 18.5 Å². The summed E-state index contributed by atoms with van der Waals surface area (Å²) in [6.45, 7) is 6.14. The Morgan fingerprint density at radius 2 is 1.80 bits per heavy atom. The minimum absolute atomic E-state index is 0.0277. The van der Waals surface area contributed by atoms with Gasteiger partial charge in [0.1, 0.15) is 0 Å². The molecule has 2 rings (SSSR count). The first-order valence-corrected chi connectivity index (χ1v) is 8.97. The molecule has 0 aliphatic carbocycles. The molecule has 1 aliphatic rings. The highest BCUT2D eigenvalue weighted by atomic mass is 35.5. The maximum atomic E-state index is 11.7. The number of amides is 3. The molecule has 1 heterocycles. The first-order valence-electron chi connectivity index (χ1n) is 8.59. The molecule has 7 nitrogen and oxygen atoms in total. The monoisotopic (exact) mass is 367 g/mol. The zero-order valence-corrected chi connectivity index (χ0v) is 15.1. The lowest BCUT2D eigenvalue weighted by Crippen LogP contribution is -2.45. The lowest BCUT2D eigenvalue weighted by Gasteiger charge is -2.27. The summed E-state index contributed by atoms with van der Waals surface area (Å²) in [5.74, 6) is -0.179. The number of hydrogen-bond acceptors (Lipinski definition) is 4. The molecule has 0 bridgehead atoms.